The Morgan fingerprint density at radius 2 is 2.15 bits per heavy atom. The zero-order valence-electron chi connectivity index (χ0n) is 15.4. The molecule has 2 aliphatic rings. The van der Waals surface area contributed by atoms with Gasteiger partial charge in [-0.2, -0.15) is 0 Å². The Labute approximate surface area is 153 Å². The van der Waals surface area contributed by atoms with Crippen molar-refractivity contribution in [2.45, 2.75) is 39.3 Å². The van der Waals surface area contributed by atoms with E-state index in [-0.39, 0.29) is 5.75 Å². The second-order valence-corrected chi connectivity index (χ2v) is 7.15. The maximum absolute atomic E-state index is 10.5. The number of phenols is 1. The highest BCUT2D eigenvalue weighted by molar-refractivity contribution is 5.67. The van der Waals surface area contributed by atoms with E-state index < -0.39 is 0 Å². The Hall–Kier alpha value is -2.18. The monoisotopic (exact) mass is 355 g/mol. The lowest BCUT2D eigenvalue weighted by molar-refractivity contribution is 0.0687. The normalized spacial score (nSPS) is 20.5. The molecule has 0 bridgehead atoms. The summed E-state index contributed by atoms with van der Waals surface area (Å²) in [5.74, 6) is 0.751. The van der Waals surface area contributed by atoms with Crippen molar-refractivity contribution in [2.24, 2.45) is 0 Å². The van der Waals surface area contributed by atoms with Crippen LogP contribution in [0.2, 0.25) is 0 Å². The first kappa shape index (κ1) is 17.2. The predicted octanol–water partition coefficient (Wildman–Crippen LogP) is 2.84. The Morgan fingerprint density at radius 3 is 2.96 bits per heavy atom. The molecule has 1 fully saturated rings. The molecule has 6 nitrogen and oxygen atoms in total. The van der Waals surface area contributed by atoms with Gasteiger partial charge in [0.1, 0.15) is 6.61 Å². The molecule has 2 aromatic rings. The Balaban J connectivity index is 1.65. The largest absolute Gasteiger partial charge is 0.504 e. The Bertz CT molecular complexity index is 803. The molecule has 1 saturated heterocycles. The fourth-order valence-electron chi connectivity index (χ4n) is 3.73. The van der Waals surface area contributed by atoms with Gasteiger partial charge in [0.15, 0.2) is 11.5 Å². The van der Waals surface area contributed by atoms with E-state index in [1.54, 1.807) is 12.3 Å². The number of ether oxygens (including phenoxy) is 2. The number of fused-ring (bicyclic) bond motifs is 1. The van der Waals surface area contributed by atoms with Crippen molar-refractivity contribution in [3.8, 4) is 22.8 Å². The van der Waals surface area contributed by atoms with Gasteiger partial charge < -0.3 is 14.6 Å². The lowest BCUT2D eigenvalue weighted by atomic mass is 10.0. The number of hydrogen-bond donors (Lipinski definition) is 1. The molecule has 3 heterocycles. The molecule has 0 radical (unpaired) electrons. The summed E-state index contributed by atoms with van der Waals surface area (Å²) >= 11 is 0. The molecule has 0 spiro atoms. The first-order valence-corrected chi connectivity index (χ1v) is 9.23. The molecule has 1 N–H and O–H groups in total. The number of aryl methyl sites for hydroxylation is 2. The SMILES string of the molecule is Cc1cnc(C)c(-c2cc(O)c3c(c2)CN(C[C@H]2CCCO2)CCO3)n1. The highest BCUT2D eigenvalue weighted by Gasteiger charge is 2.24. The van der Waals surface area contributed by atoms with Crippen LogP contribution in [0.25, 0.3) is 11.3 Å². The highest BCUT2D eigenvalue weighted by atomic mass is 16.5. The first-order chi connectivity index (χ1) is 12.6. The number of nitrogens with zero attached hydrogens (tertiary/aromatic N) is 3. The molecule has 138 valence electrons. The third-order valence-electron chi connectivity index (χ3n) is 5.03. The molecule has 0 unspecified atom stereocenters. The van der Waals surface area contributed by atoms with Gasteiger partial charge in [0.25, 0.3) is 0 Å². The summed E-state index contributed by atoms with van der Waals surface area (Å²) in [4.78, 5) is 11.4. The topological polar surface area (TPSA) is 67.7 Å². The van der Waals surface area contributed by atoms with E-state index in [9.17, 15) is 5.11 Å². The second-order valence-electron chi connectivity index (χ2n) is 7.15. The van der Waals surface area contributed by atoms with E-state index in [2.05, 4.69) is 20.9 Å². The highest BCUT2D eigenvalue weighted by Crippen LogP contribution is 2.37. The second kappa shape index (κ2) is 7.21. The lowest BCUT2D eigenvalue weighted by Gasteiger charge is -2.22. The van der Waals surface area contributed by atoms with Crippen LogP contribution in [-0.2, 0) is 11.3 Å². The zero-order chi connectivity index (χ0) is 18.1. The van der Waals surface area contributed by atoms with Crippen molar-refractivity contribution in [3.05, 3.63) is 35.3 Å². The predicted molar refractivity (Wildman–Crippen MR) is 98.4 cm³/mol. The van der Waals surface area contributed by atoms with Gasteiger partial charge >= 0.3 is 0 Å². The lowest BCUT2D eigenvalue weighted by Crippen LogP contribution is -2.33. The standard InChI is InChI=1S/C20H25N3O3/c1-13-10-21-14(2)19(22-13)15-8-16-11-23(12-17-4-3-6-25-17)5-7-26-20(16)18(24)9-15/h8-10,17,24H,3-7,11-12H2,1-2H3/t17-/m1/s1. The summed E-state index contributed by atoms with van der Waals surface area (Å²) in [6.45, 7) is 7.74. The summed E-state index contributed by atoms with van der Waals surface area (Å²) in [5, 5.41) is 10.5. The summed E-state index contributed by atoms with van der Waals surface area (Å²) in [7, 11) is 0. The zero-order valence-corrected chi connectivity index (χ0v) is 15.4. The minimum Gasteiger partial charge on any atom is -0.504 e. The fourth-order valence-corrected chi connectivity index (χ4v) is 3.73. The number of benzene rings is 1. The van der Waals surface area contributed by atoms with Crippen LogP contribution < -0.4 is 4.74 Å². The van der Waals surface area contributed by atoms with Crippen LogP contribution in [0.5, 0.6) is 11.5 Å². The van der Waals surface area contributed by atoms with E-state index in [1.807, 2.05) is 13.8 Å². The van der Waals surface area contributed by atoms with Crippen LogP contribution in [0.4, 0.5) is 0 Å². The van der Waals surface area contributed by atoms with Gasteiger partial charge in [0.2, 0.25) is 0 Å². The molecule has 26 heavy (non-hydrogen) atoms. The van der Waals surface area contributed by atoms with E-state index in [0.717, 1.165) is 67.3 Å². The van der Waals surface area contributed by atoms with Gasteiger partial charge in [0, 0.05) is 43.6 Å². The smallest absolute Gasteiger partial charge is 0.165 e. The average molecular weight is 355 g/mol. The van der Waals surface area contributed by atoms with Gasteiger partial charge in [-0.05, 0) is 38.8 Å². The van der Waals surface area contributed by atoms with Crippen molar-refractivity contribution in [2.75, 3.05) is 26.3 Å². The Kier molecular flexibility index (Phi) is 4.78. The van der Waals surface area contributed by atoms with Crippen molar-refractivity contribution in [1.82, 2.24) is 14.9 Å². The molecule has 2 aliphatic heterocycles. The maximum atomic E-state index is 10.5. The van der Waals surface area contributed by atoms with Crippen molar-refractivity contribution in [3.63, 3.8) is 0 Å². The van der Waals surface area contributed by atoms with Crippen LogP contribution in [0.15, 0.2) is 18.3 Å². The average Bonchev–Trinajstić information content (AvgIpc) is 3.03. The van der Waals surface area contributed by atoms with Crippen molar-refractivity contribution < 1.29 is 14.6 Å². The van der Waals surface area contributed by atoms with E-state index in [0.29, 0.717) is 18.5 Å². The minimum atomic E-state index is 0.166. The molecule has 0 aliphatic carbocycles. The van der Waals surface area contributed by atoms with Crippen LogP contribution >= 0.6 is 0 Å². The molecule has 0 saturated carbocycles. The van der Waals surface area contributed by atoms with E-state index in [4.69, 9.17) is 9.47 Å². The van der Waals surface area contributed by atoms with Gasteiger partial charge in [0.05, 0.1) is 23.2 Å². The number of phenolic OH excluding ortho intramolecular Hbond substituents is 1. The van der Waals surface area contributed by atoms with Crippen LogP contribution in [0, 0.1) is 13.8 Å². The first-order valence-electron chi connectivity index (χ1n) is 9.23. The van der Waals surface area contributed by atoms with Crippen LogP contribution in [0.3, 0.4) is 0 Å². The van der Waals surface area contributed by atoms with E-state index >= 15 is 0 Å². The molecule has 1 aromatic carbocycles. The summed E-state index contributed by atoms with van der Waals surface area (Å²) in [6.07, 6.45) is 4.32. The number of hydrogen-bond acceptors (Lipinski definition) is 6. The van der Waals surface area contributed by atoms with Gasteiger partial charge in [-0.25, -0.2) is 4.98 Å². The Morgan fingerprint density at radius 1 is 1.27 bits per heavy atom. The van der Waals surface area contributed by atoms with Crippen molar-refractivity contribution in [1.29, 1.82) is 0 Å². The third kappa shape index (κ3) is 3.52. The summed E-state index contributed by atoms with van der Waals surface area (Å²) in [6, 6.07) is 3.80. The third-order valence-corrected chi connectivity index (χ3v) is 5.03. The fraction of sp³-hybridized carbons (Fsp3) is 0.500. The molecule has 1 atom stereocenters. The molecule has 1 aromatic heterocycles. The summed E-state index contributed by atoms with van der Waals surface area (Å²) < 4.78 is 11.6. The molecule has 4 rings (SSSR count). The van der Waals surface area contributed by atoms with Gasteiger partial charge in [-0.3, -0.25) is 9.88 Å². The number of aromatic hydroxyl groups is 1. The van der Waals surface area contributed by atoms with Gasteiger partial charge in [-0.1, -0.05) is 0 Å². The molecule has 6 heteroatoms. The summed E-state index contributed by atoms with van der Waals surface area (Å²) in [5.41, 5.74) is 4.37. The van der Waals surface area contributed by atoms with E-state index in [1.165, 1.54) is 0 Å². The molecular weight excluding hydrogens is 330 g/mol. The van der Waals surface area contributed by atoms with Crippen molar-refractivity contribution >= 4 is 0 Å². The minimum absolute atomic E-state index is 0.166. The van der Waals surface area contributed by atoms with Gasteiger partial charge in [-0.15, -0.1) is 0 Å². The number of aromatic nitrogens is 2. The van der Waals surface area contributed by atoms with Crippen LogP contribution in [-0.4, -0.2) is 52.4 Å². The number of rotatable bonds is 3. The quantitative estimate of drug-likeness (QED) is 0.913. The maximum Gasteiger partial charge on any atom is 0.165 e. The molecular formula is C20H25N3O3. The van der Waals surface area contributed by atoms with Crippen LogP contribution in [0.1, 0.15) is 29.8 Å². The molecule has 0 amide bonds.